The third-order valence-electron chi connectivity index (χ3n) is 2.88. The zero-order valence-corrected chi connectivity index (χ0v) is 11.2. The Morgan fingerprint density at radius 1 is 1.39 bits per heavy atom. The van der Waals surface area contributed by atoms with Crippen LogP contribution in [0.1, 0.15) is 11.1 Å². The van der Waals surface area contributed by atoms with Crippen LogP contribution in [-0.4, -0.2) is 16.8 Å². The van der Waals surface area contributed by atoms with E-state index in [1.807, 2.05) is 19.9 Å². The molecule has 0 fully saturated rings. The lowest BCUT2D eigenvalue weighted by molar-refractivity contribution is 0.415. The summed E-state index contributed by atoms with van der Waals surface area (Å²) >= 11 is 6.26. The van der Waals surface area contributed by atoms with Crippen LogP contribution in [0.3, 0.4) is 0 Å². The van der Waals surface area contributed by atoms with E-state index in [9.17, 15) is 0 Å². The van der Waals surface area contributed by atoms with Gasteiger partial charge >= 0.3 is 0 Å². The lowest BCUT2D eigenvalue weighted by Gasteiger charge is -2.13. The van der Waals surface area contributed by atoms with Gasteiger partial charge in [-0.1, -0.05) is 11.6 Å². The van der Waals surface area contributed by atoms with Gasteiger partial charge in [0.1, 0.15) is 5.75 Å². The van der Waals surface area contributed by atoms with Gasteiger partial charge in [-0.05, 0) is 31.0 Å². The van der Waals surface area contributed by atoms with Crippen LogP contribution in [0.2, 0.25) is 5.02 Å². The summed E-state index contributed by atoms with van der Waals surface area (Å²) in [7, 11) is 1.61. The molecule has 0 saturated heterocycles. The third-order valence-corrected chi connectivity index (χ3v) is 3.46. The van der Waals surface area contributed by atoms with Crippen molar-refractivity contribution in [2.75, 3.05) is 18.7 Å². The lowest BCUT2D eigenvalue weighted by atomic mass is 10.0. The normalized spacial score (nSPS) is 10.7. The van der Waals surface area contributed by atoms with Crippen LogP contribution in [0.15, 0.2) is 12.3 Å². The first-order valence-corrected chi connectivity index (χ1v) is 5.77. The summed E-state index contributed by atoms with van der Waals surface area (Å²) in [5, 5.41) is 0.691. The highest BCUT2D eigenvalue weighted by Gasteiger charge is 2.17. The molecule has 6 heteroatoms. The van der Waals surface area contributed by atoms with Crippen LogP contribution in [0.25, 0.3) is 11.3 Å². The second kappa shape index (κ2) is 4.42. The second-order valence-corrected chi connectivity index (χ2v) is 4.48. The zero-order chi connectivity index (χ0) is 13.4. The van der Waals surface area contributed by atoms with Gasteiger partial charge in [0.15, 0.2) is 0 Å². The van der Waals surface area contributed by atoms with Crippen molar-refractivity contribution < 1.29 is 4.74 Å². The average molecular weight is 267 g/mol. The van der Waals surface area contributed by atoms with E-state index in [-0.39, 0.29) is 5.95 Å². The summed E-state index contributed by atoms with van der Waals surface area (Å²) in [6.07, 6.45) is 1.64. The number of methoxy groups -OCH3 is 1. The SMILES string of the molecule is COc1cc(C)c(Cl)c(C)c1-c1cn(N)c(N)n1. The summed E-state index contributed by atoms with van der Waals surface area (Å²) in [6.45, 7) is 3.84. The summed E-state index contributed by atoms with van der Waals surface area (Å²) < 4.78 is 6.64. The van der Waals surface area contributed by atoms with E-state index in [4.69, 9.17) is 27.9 Å². The highest BCUT2D eigenvalue weighted by Crippen LogP contribution is 2.38. The lowest BCUT2D eigenvalue weighted by Crippen LogP contribution is -2.09. The van der Waals surface area contributed by atoms with E-state index in [0.29, 0.717) is 16.5 Å². The van der Waals surface area contributed by atoms with Gasteiger partial charge in [0, 0.05) is 10.6 Å². The molecule has 0 radical (unpaired) electrons. The minimum Gasteiger partial charge on any atom is -0.496 e. The Morgan fingerprint density at radius 2 is 2.06 bits per heavy atom. The van der Waals surface area contributed by atoms with Crippen LogP contribution in [-0.2, 0) is 0 Å². The van der Waals surface area contributed by atoms with E-state index in [0.717, 1.165) is 16.7 Å². The number of hydrogen-bond donors (Lipinski definition) is 2. The molecule has 0 aliphatic rings. The number of nitrogen functional groups attached to an aromatic ring is 2. The summed E-state index contributed by atoms with van der Waals surface area (Å²) in [6, 6.07) is 1.87. The molecule has 1 aromatic carbocycles. The number of nitrogens with two attached hydrogens (primary N) is 2. The maximum Gasteiger partial charge on any atom is 0.219 e. The number of imidazole rings is 1. The Morgan fingerprint density at radius 3 is 2.56 bits per heavy atom. The minimum absolute atomic E-state index is 0.239. The molecule has 0 saturated carbocycles. The van der Waals surface area contributed by atoms with Gasteiger partial charge in [0.05, 0.1) is 19.0 Å². The Bertz CT molecular complexity index is 587. The molecule has 0 aliphatic carbocycles. The van der Waals surface area contributed by atoms with Gasteiger partial charge in [-0.15, -0.1) is 0 Å². The Hall–Kier alpha value is -1.88. The molecule has 4 N–H and O–H groups in total. The predicted molar refractivity (Wildman–Crippen MR) is 73.3 cm³/mol. The molecule has 1 heterocycles. The number of aromatic nitrogens is 2. The highest BCUT2D eigenvalue weighted by atomic mass is 35.5. The number of hydrogen-bond acceptors (Lipinski definition) is 4. The fourth-order valence-electron chi connectivity index (χ4n) is 1.93. The van der Waals surface area contributed by atoms with Crippen molar-refractivity contribution in [3.63, 3.8) is 0 Å². The molecule has 96 valence electrons. The predicted octanol–water partition coefficient (Wildman–Crippen LogP) is 2.12. The van der Waals surface area contributed by atoms with Crippen LogP contribution in [0.4, 0.5) is 5.95 Å². The van der Waals surface area contributed by atoms with Crippen molar-refractivity contribution in [3.05, 3.63) is 28.4 Å². The number of ether oxygens (including phenoxy) is 1. The van der Waals surface area contributed by atoms with Gasteiger partial charge in [-0.25, -0.2) is 9.66 Å². The summed E-state index contributed by atoms with van der Waals surface area (Å²) in [4.78, 5) is 4.20. The van der Waals surface area contributed by atoms with E-state index >= 15 is 0 Å². The maximum absolute atomic E-state index is 6.26. The smallest absolute Gasteiger partial charge is 0.219 e. The molecule has 0 aliphatic heterocycles. The fourth-order valence-corrected chi connectivity index (χ4v) is 2.08. The Kier molecular flexibility index (Phi) is 3.09. The van der Waals surface area contributed by atoms with Crippen molar-refractivity contribution in [1.82, 2.24) is 9.66 Å². The van der Waals surface area contributed by atoms with Gasteiger partial charge in [0.25, 0.3) is 0 Å². The van der Waals surface area contributed by atoms with Crippen molar-refractivity contribution in [1.29, 1.82) is 0 Å². The molecule has 2 rings (SSSR count). The average Bonchev–Trinajstić information content (AvgIpc) is 2.65. The standard InChI is InChI=1S/C12H15ClN4O/c1-6-4-9(18-3)10(7(2)11(6)13)8-5-17(15)12(14)16-8/h4-5H,15H2,1-3H3,(H2,14,16). The molecular weight excluding hydrogens is 252 g/mol. The first-order chi connectivity index (χ1) is 8.45. The molecule has 0 atom stereocenters. The van der Waals surface area contributed by atoms with Crippen molar-refractivity contribution in [3.8, 4) is 17.0 Å². The maximum atomic E-state index is 6.26. The Labute approximate surface area is 110 Å². The molecular formula is C12H15ClN4O. The monoisotopic (exact) mass is 266 g/mol. The van der Waals surface area contributed by atoms with E-state index < -0.39 is 0 Å². The van der Waals surface area contributed by atoms with Crippen LogP contribution < -0.4 is 16.3 Å². The van der Waals surface area contributed by atoms with Crippen molar-refractivity contribution in [2.45, 2.75) is 13.8 Å². The van der Waals surface area contributed by atoms with Gasteiger partial charge in [-0.3, -0.25) is 0 Å². The van der Waals surface area contributed by atoms with Crippen LogP contribution in [0, 0.1) is 13.8 Å². The third kappa shape index (κ3) is 1.86. The largest absolute Gasteiger partial charge is 0.496 e. The molecule has 0 spiro atoms. The number of halogens is 1. The minimum atomic E-state index is 0.239. The molecule has 2 aromatic rings. The summed E-state index contributed by atoms with van der Waals surface area (Å²) in [5.41, 5.74) is 8.94. The summed E-state index contributed by atoms with van der Waals surface area (Å²) in [5.74, 6) is 6.58. The van der Waals surface area contributed by atoms with Crippen molar-refractivity contribution >= 4 is 17.5 Å². The molecule has 0 bridgehead atoms. The number of nitrogens with zero attached hydrogens (tertiary/aromatic N) is 2. The number of aryl methyl sites for hydroxylation is 1. The number of benzene rings is 1. The van der Waals surface area contributed by atoms with E-state index in [1.54, 1.807) is 13.3 Å². The number of anilines is 1. The quantitative estimate of drug-likeness (QED) is 0.816. The molecule has 18 heavy (non-hydrogen) atoms. The highest BCUT2D eigenvalue weighted by molar-refractivity contribution is 6.32. The molecule has 5 nitrogen and oxygen atoms in total. The molecule has 0 amide bonds. The first kappa shape index (κ1) is 12.6. The van der Waals surface area contributed by atoms with Gasteiger partial charge in [0.2, 0.25) is 5.95 Å². The van der Waals surface area contributed by atoms with Crippen LogP contribution >= 0.6 is 11.6 Å². The van der Waals surface area contributed by atoms with Gasteiger partial charge in [-0.2, -0.15) is 0 Å². The van der Waals surface area contributed by atoms with Gasteiger partial charge < -0.3 is 16.3 Å². The second-order valence-electron chi connectivity index (χ2n) is 4.10. The molecule has 0 unspecified atom stereocenters. The topological polar surface area (TPSA) is 79.1 Å². The Balaban J connectivity index is 2.73. The zero-order valence-electron chi connectivity index (χ0n) is 10.5. The fraction of sp³-hybridized carbons (Fsp3) is 0.250. The molecule has 1 aromatic heterocycles. The number of rotatable bonds is 2. The van der Waals surface area contributed by atoms with Crippen LogP contribution in [0.5, 0.6) is 5.75 Å². The van der Waals surface area contributed by atoms with E-state index in [2.05, 4.69) is 4.98 Å². The van der Waals surface area contributed by atoms with Crippen molar-refractivity contribution in [2.24, 2.45) is 0 Å². The first-order valence-electron chi connectivity index (χ1n) is 5.39. The van der Waals surface area contributed by atoms with E-state index in [1.165, 1.54) is 4.68 Å².